The number of benzene rings is 1. The zero-order chi connectivity index (χ0) is 9.42. The maximum Gasteiger partial charge on any atom is 0.133 e. The van der Waals surface area contributed by atoms with Crippen molar-refractivity contribution in [3.05, 3.63) is 34.3 Å². The third-order valence-electron chi connectivity index (χ3n) is 2.62. The van der Waals surface area contributed by atoms with E-state index in [1.165, 1.54) is 5.56 Å². The van der Waals surface area contributed by atoms with Crippen LogP contribution < -0.4 is 0 Å². The van der Waals surface area contributed by atoms with Gasteiger partial charge in [0.25, 0.3) is 0 Å². The fourth-order valence-electron chi connectivity index (χ4n) is 1.76. The average Bonchev–Trinajstić information content (AvgIpc) is 2.84. The van der Waals surface area contributed by atoms with Gasteiger partial charge in [-0.1, -0.05) is 34.1 Å². The van der Waals surface area contributed by atoms with Crippen LogP contribution in [0.2, 0.25) is 0 Å². The van der Waals surface area contributed by atoms with Crippen molar-refractivity contribution in [3.8, 4) is 0 Å². The number of carbonyl (C=O) groups is 1. The predicted octanol–water partition coefficient (Wildman–Crippen LogP) is 3.14. The Bertz CT molecular complexity index is 346. The normalized spacial score (nSPS) is 25.7. The first kappa shape index (κ1) is 8.95. The van der Waals surface area contributed by atoms with E-state index in [0.717, 1.165) is 10.9 Å². The van der Waals surface area contributed by atoms with Crippen LogP contribution in [0.5, 0.6) is 0 Å². The van der Waals surface area contributed by atoms with Crippen molar-refractivity contribution in [1.82, 2.24) is 0 Å². The fourth-order valence-corrected chi connectivity index (χ4v) is 2.34. The van der Waals surface area contributed by atoms with Crippen LogP contribution in [-0.4, -0.2) is 5.78 Å². The number of ketones is 1. The smallest absolute Gasteiger partial charge is 0.133 e. The summed E-state index contributed by atoms with van der Waals surface area (Å²) in [7, 11) is 0. The molecule has 2 unspecified atom stereocenters. The molecule has 68 valence electrons. The Morgan fingerprint density at radius 2 is 2.15 bits per heavy atom. The minimum absolute atomic E-state index is 0.277. The summed E-state index contributed by atoms with van der Waals surface area (Å²) in [4.78, 5) is 11.1. The molecule has 1 aromatic rings. The van der Waals surface area contributed by atoms with Crippen molar-refractivity contribution in [1.29, 1.82) is 0 Å². The lowest BCUT2D eigenvalue weighted by molar-refractivity contribution is -0.118. The van der Waals surface area contributed by atoms with Gasteiger partial charge in [-0.15, -0.1) is 0 Å². The monoisotopic (exact) mass is 238 g/mol. The minimum Gasteiger partial charge on any atom is -0.300 e. The van der Waals surface area contributed by atoms with Gasteiger partial charge < -0.3 is 0 Å². The number of hydrogen-bond donors (Lipinski definition) is 0. The molecule has 13 heavy (non-hydrogen) atoms. The molecule has 1 aromatic carbocycles. The SMILES string of the molecule is CC(=O)C1CC1c1ccccc1Br. The number of halogens is 1. The molecule has 1 aliphatic carbocycles. The van der Waals surface area contributed by atoms with Gasteiger partial charge in [0.2, 0.25) is 0 Å². The summed E-state index contributed by atoms with van der Waals surface area (Å²) >= 11 is 3.50. The zero-order valence-electron chi connectivity index (χ0n) is 7.46. The molecular weight excluding hydrogens is 228 g/mol. The average molecular weight is 239 g/mol. The molecule has 2 heteroatoms. The molecule has 0 heterocycles. The molecular formula is C11H11BrO. The molecule has 0 bridgehead atoms. The summed E-state index contributed by atoms with van der Waals surface area (Å²) in [6.07, 6.45) is 1.03. The Morgan fingerprint density at radius 1 is 1.46 bits per heavy atom. The van der Waals surface area contributed by atoms with Crippen LogP contribution in [0.4, 0.5) is 0 Å². The van der Waals surface area contributed by atoms with E-state index in [-0.39, 0.29) is 5.92 Å². The molecule has 2 atom stereocenters. The van der Waals surface area contributed by atoms with Gasteiger partial charge >= 0.3 is 0 Å². The molecule has 2 rings (SSSR count). The second-order valence-corrected chi connectivity index (χ2v) is 4.44. The van der Waals surface area contributed by atoms with Crippen LogP contribution in [0.25, 0.3) is 0 Å². The fraction of sp³-hybridized carbons (Fsp3) is 0.364. The van der Waals surface area contributed by atoms with Crippen molar-refractivity contribution in [2.45, 2.75) is 19.3 Å². The van der Waals surface area contributed by atoms with E-state index in [2.05, 4.69) is 22.0 Å². The molecule has 0 radical (unpaired) electrons. The van der Waals surface area contributed by atoms with Crippen molar-refractivity contribution in [2.24, 2.45) is 5.92 Å². The topological polar surface area (TPSA) is 17.1 Å². The van der Waals surface area contributed by atoms with Crippen LogP contribution in [0, 0.1) is 5.92 Å². The second kappa shape index (κ2) is 3.26. The Balaban J connectivity index is 2.21. The molecule has 0 aliphatic heterocycles. The standard InChI is InChI=1S/C11H11BrO/c1-7(13)9-6-10(9)8-4-2-3-5-11(8)12/h2-5,9-10H,6H2,1H3. The second-order valence-electron chi connectivity index (χ2n) is 3.58. The van der Waals surface area contributed by atoms with Crippen molar-refractivity contribution in [3.63, 3.8) is 0 Å². The summed E-state index contributed by atoms with van der Waals surface area (Å²) in [5, 5.41) is 0. The summed E-state index contributed by atoms with van der Waals surface area (Å²) in [6, 6.07) is 8.15. The zero-order valence-corrected chi connectivity index (χ0v) is 9.04. The van der Waals surface area contributed by atoms with E-state index < -0.39 is 0 Å². The highest BCUT2D eigenvalue weighted by atomic mass is 79.9. The van der Waals surface area contributed by atoms with Crippen LogP contribution in [0.15, 0.2) is 28.7 Å². The molecule has 0 aromatic heterocycles. The lowest BCUT2D eigenvalue weighted by Crippen LogP contribution is -1.94. The Morgan fingerprint density at radius 3 is 2.69 bits per heavy atom. The van der Waals surface area contributed by atoms with Gasteiger partial charge in [0.1, 0.15) is 5.78 Å². The number of Topliss-reactive ketones (excluding diaryl/α,β-unsaturated/α-hetero) is 1. The maximum atomic E-state index is 11.1. The van der Waals surface area contributed by atoms with E-state index in [1.807, 2.05) is 18.2 Å². The Hall–Kier alpha value is -0.630. The number of rotatable bonds is 2. The third kappa shape index (κ3) is 1.68. The van der Waals surface area contributed by atoms with Gasteiger partial charge in [0.15, 0.2) is 0 Å². The summed E-state index contributed by atoms with van der Waals surface area (Å²) in [5.41, 5.74) is 1.28. The van der Waals surface area contributed by atoms with E-state index in [9.17, 15) is 4.79 Å². The van der Waals surface area contributed by atoms with Gasteiger partial charge in [-0.2, -0.15) is 0 Å². The molecule has 0 N–H and O–H groups in total. The lowest BCUT2D eigenvalue weighted by Gasteiger charge is -2.01. The van der Waals surface area contributed by atoms with E-state index >= 15 is 0 Å². The van der Waals surface area contributed by atoms with E-state index in [0.29, 0.717) is 11.7 Å². The van der Waals surface area contributed by atoms with Crippen molar-refractivity contribution in [2.75, 3.05) is 0 Å². The summed E-state index contributed by atoms with van der Waals surface area (Å²) in [6.45, 7) is 1.68. The number of carbonyl (C=O) groups excluding carboxylic acids is 1. The van der Waals surface area contributed by atoms with Gasteiger partial charge in [-0.25, -0.2) is 0 Å². The van der Waals surface area contributed by atoms with Crippen LogP contribution in [0.1, 0.15) is 24.8 Å². The van der Waals surface area contributed by atoms with Crippen molar-refractivity contribution < 1.29 is 4.79 Å². The molecule has 0 saturated heterocycles. The lowest BCUT2D eigenvalue weighted by atomic mass is 10.1. The summed E-state index contributed by atoms with van der Waals surface area (Å²) < 4.78 is 1.13. The number of hydrogen-bond acceptors (Lipinski definition) is 1. The quantitative estimate of drug-likeness (QED) is 0.774. The van der Waals surface area contributed by atoms with Gasteiger partial charge in [-0.3, -0.25) is 4.79 Å². The molecule has 1 fully saturated rings. The maximum absolute atomic E-state index is 11.1. The molecule has 1 saturated carbocycles. The molecule has 1 aliphatic rings. The van der Waals surface area contributed by atoms with Crippen LogP contribution in [-0.2, 0) is 4.79 Å². The van der Waals surface area contributed by atoms with Gasteiger partial charge in [0.05, 0.1) is 0 Å². The van der Waals surface area contributed by atoms with Crippen LogP contribution >= 0.6 is 15.9 Å². The first-order valence-corrected chi connectivity index (χ1v) is 5.24. The van der Waals surface area contributed by atoms with Gasteiger partial charge in [0, 0.05) is 10.4 Å². The first-order valence-electron chi connectivity index (χ1n) is 4.45. The molecule has 0 spiro atoms. The summed E-state index contributed by atoms with van der Waals surface area (Å²) in [5.74, 6) is 1.06. The largest absolute Gasteiger partial charge is 0.300 e. The van der Waals surface area contributed by atoms with Crippen LogP contribution in [0.3, 0.4) is 0 Å². The van der Waals surface area contributed by atoms with Crippen molar-refractivity contribution >= 4 is 21.7 Å². The Labute approximate surface area is 86.3 Å². The molecule has 0 amide bonds. The highest BCUT2D eigenvalue weighted by molar-refractivity contribution is 9.10. The highest BCUT2D eigenvalue weighted by Crippen LogP contribution is 2.49. The molecule has 1 nitrogen and oxygen atoms in total. The highest BCUT2D eigenvalue weighted by Gasteiger charge is 2.42. The first-order chi connectivity index (χ1) is 6.20. The third-order valence-corrected chi connectivity index (χ3v) is 3.34. The van der Waals surface area contributed by atoms with E-state index in [1.54, 1.807) is 6.92 Å². The minimum atomic E-state index is 0.277. The Kier molecular flexibility index (Phi) is 2.24. The predicted molar refractivity (Wildman–Crippen MR) is 55.7 cm³/mol. The van der Waals surface area contributed by atoms with E-state index in [4.69, 9.17) is 0 Å². The van der Waals surface area contributed by atoms with Gasteiger partial charge in [-0.05, 0) is 30.9 Å².